The molecular formula is C32H41N5O3. The molecule has 2 aromatic carbocycles. The lowest BCUT2D eigenvalue weighted by molar-refractivity contribution is 0.0203. The van der Waals surface area contributed by atoms with Crippen molar-refractivity contribution in [2.45, 2.75) is 65.0 Å². The van der Waals surface area contributed by atoms with Crippen LogP contribution in [0.3, 0.4) is 0 Å². The maximum atomic E-state index is 14.0. The van der Waals surface area contributed by atoms with Gasteiger partial charge in [-0.05, 0) is 77.3 Å². The third kappa shape index (κ3) is 6.01. The van der Waals surface area contributed by atoms with Crippen molar-refractivity contribution in [2.24, 2.45) is 0 Å². The molecule has 0 bridgehead atoms. The summed E-state index contributed by atoms with van der Waals surface area (Å²) >= 11 is 0. The molecule has 0 saturated carbocycles. The minimum atomic E-state index is -0.528. The Morgan fingerprint density at radius 3 is 2.25 bits per heavy atom. The highest BCUT2D eigenvalue weighted by Gasteiger charge is 2.35. The number of amides is 2. The fraction of sp³-hybridized carbons (Fsp3) is 0.469. The molecule has 2 amide bonds. The van der Waals surface area contributed by atoms with Crippen LogP contribution in [0.15, 0.2) is 60.8 Å². The number of piperazine rings is 1. The lowest BCUT2D eigenvalue weighted by atomic mass is 9.90. The number of piperidine rings is 1. The molecule has 40 heavy (non-hydrogen) atoms. The van der Waals surface area contributed by atoms with Crippen molar-refractivity contribution in [1.82, 2.24) is 19.6 Å². The number of carbonyl (C=O) groups excluding carboxylic acids is 2. The summed E-state index contributed by atoms with van der Waals surface area (Å²) in [4.78, 5) is 32.9. The number of rotatable bonds is 4. The molecule has 3 heterocycles. The van der Waals surface area contributed by atoms with Crippen LogP contribution in [0.5, 0.6) is 0 Å². The Kier molecular flexibility index (Phi) is 7.88. The second kappa shape index (κ2) is 11.4. The molecule has 0 unspecified atom stereocenters. The molecular weight excluding hydrogens is 502 g/mol. The van der Waals surface area contributed by atoms with E-state index in [0.29, 0.717) is 31.7 Å². The molecule has 0 spiro atoms. The van der Waals surface area contributed by atoms with Gasteiger partial charge in [0.05, 0.1) is 23.1 Å². The summed E-state index contributed by atoms with van der Waals surface area (Å²) in [7, 11) is 0. The third-order valence-electron chi connectivity index (χ3n) is 7.82. The predicted octanol–water partition coefficient (Wildman–Crippen LogP) is 5.65. The minimum Gasteiger partial charge on any atom is -0.444 e. The number of anilines is 1. The molecule has 8 heteroatoms. The third-order valence-corrected chi connectivity index (χ3v) is 7.82. The van der Waals surface area contributed by atoms with Crippen molar-refractivity contribution < 1.29 is 14.3 Å². The SMILES string of the molecule is Cc1cccc(N2CCN(C(=O)c3cnn(-c4ccccc4)c3C3CCN(C(=O)OC(C)(C)C)CC3)C[C@H]2C)c1. The second-order valence-electron chi connectivity index (χ2n) is 12.1. The maximum Gasteiger partial charge on any atom is 0.410 e. The van der Waals surface area contributed by atoms with Crippen LogP contribution in [-0.2, 0) is 4.74 Å². The van der Waals surface area contributed by atoms with Gasteiger partial charge in [0.2, 0.25) is 0 Å². The van der Waals surface area contributed by atoms with E-state index in [1.54, 1.807) is 11.1 Å². The van der Waals surface area contributed by atoms with Gasteiger partial charge in [0, 0.05) is 50.4 Å². The molecule has 8 nitrogen and oxygen atoms in total. The first kappa shape index (κ1) is 27.7. The fourth-order valence-electron chi connectivity index (χ4n) is 5.86. The van der Waals surface area contributed by atoms with E-state index in [9.17, 15) is 9.59 Å². The van der Waals surface area contributed by atoms with Crippen LogP contribution >= 0.6 is 0 Å². The normalized spacial score (nSPS) is 18.6. The number of ether oxygens (including phenoxy) is 1. The van der Waals surface area contributed by atoms with Gasteiger partial charge >= 0.3 is 6.09 Å². The van der Waals surface area contributed by atoms with Gasteiger partial charge in [0.25, 0.3) is 5.91 Å². The molecule has 3 aromatic rings. The summed E-state index contributed by atoms with van der Waals surface area (Å²) in [6.45, 7) is 13.2. The minimum absolute atomic E-state index is 0.0301. The monoisotopic (exact) mass is 543 g/mol. The molecule has 1 atom stereocenters. The molecule has 2 aliphatic heterocycles. The fourth-order valence-corrected chi connectivity index (χ4v) is 5.86. The van der Waals surface area contributed by atoms with E-state index >= 15 is 0 Å². The van der Waals surface area contributed by atoms with E-state index in [1.165, 1.54) is 11.3 Å². The molecule has 5 rings (SSSR count). The number of hydrogen-bond acceptors (Lipinski definition) is 5. The summed E-state index contributed by atoms with van der Waals surface area (Å²) in [5.74, 6) is 0.133. The molecule has 1 aromatic heterocycles. The van der Waals surface area contributed by atoms with E-state index in [0.717, 1.165) is 30.8 Å². The van der Waals surface area contributed by atoms with E-state index in [-0.39, 0.29) is 24.0 Å². The van der Waals surface area contributed by atoms with Gasteiger partial charge in [-0.3, -0.25) is 4.79 Å². The van der Waals surface area contributed by atoms with Crippen molar-refractivity contribution in [3.8, 4) is 5.69 Å². The highest BCUT2D eigenvalue weighted by molar-refractivity contribution is 5.95. The number of nitrogens with zero attached hydrogens (tertiary/aromatic N) is 5. The average Bonchev–Trinajstić information content (AvgIpc) is 3.37. The molecule has 0 aliphatic carbocycles. The Morgan fingerprint density at radius 2 is 1.60 bits per heavy atom. The molecule has 2 fully saturated rings. The molecule has 2 saturated heterocycles. The van der Waals surface area contributed by atoms with Crippen molar-refractivity contribution in [3.63, 3.8) is 0 Å². The summed E-state index contributed by atoms with van der Waals surface area (Å²) in [6.07, 6.45) is 2.95. The van der Waals surface area contributed by atoms with E-state index in [4.69, 9.17) is 9.84 Å². The standard InChI is InChI=1S/C32H41N5O3/c1-23-10-9-13-27(20-23)36-19-18-35(22-24(36)2)30(38)28-21-33-37(26-11-7-6-8-12-26)29(28)25-14-16-34(17-15-25)31(39)40-32(3,4)5/h6-13,20-21,24-25H,14-19,22H2,1-5H3/t24-/m1/s1. The first-order chi connectivity index (χ1) is 19.1. The zero-order chi connectivity index (χ0) is 28.4. The Balaban J connectivity index is 1.36. The van der Waals surface area contributed by atoms with E-state index < -0.39 is 5.60 Å². The maximum absolute atomic E-state index is 14.0. The lowest BCUT2D eigenvalue weighted by Crippen LogP contribution is -2.54. The first-order valence-corrected chi connectivity index (χ1v) is 14.3. The number of para-hydroxylation sites is 1. The first-order valence-electron chi connectivity index (χ1n) is 14.3. The second-order valence-corrected chi connectivity index (χ2v) is 12.1. The predicted molar refractivity (Wildman–Crippen MR) is 157 cm³/mol. The van der Waals surface area contributed by atoms with Crippen molar-refractivity contribution in [2.75, 3.05) is 37.6 Å². The van der Waals surface area contributed by atoms with Crippen LogP contribution in [0.1, 0.15) is 68.1 Å². The summed E-state index contributed by atoms with van der Waals surface area (Å²) < 4.78 is 7.52. The van der Waals surface area contributed by atoms with Crippen molar-refractivity contribution in [3.05, 3.63) is 77.6 Å². The quantitative estimate of drug-likeness (QED) is 0.426. The van der Waals surface area contributed by atoms with Crippen LogP contribution in [-0.4, -0.2) is 75.9 Å². The smallest absolute Gasteiger partial charge is 0.410 e. The van der Waals surface area contributed by atoms with Crippen molar-refractivity contribution in [1.29, 1.82) is 0 Å². The molecule has 212 valence electrons. The number of aromatic nitrogens is 2. The van der Waals surface area contributed by atoms with Gasteiger partial charge in [0.1, 0.15) is 5.60 Å². The van der Waals surface area contributed by atoms with Gasteiger partial charge in [-0.25, -0.2) is 9.48 Å². The number of likely N-dealkylation sites (tertiary alicyclic amines) is 1. The molecule has 0 N–H and O–H groups in total. The van der Waals surface area contributed by atoms with Crippen LogP contribution in [0, 0.1) is 6.92 Å². The highest BCUT2D eigenvalue weighted by Crippen LogP contribution is 2.34. The van der Waals surface area contributed by atoms with Crippen LogP contribution in [0.2, 0.25) is 0 Å². The van der Waals surface area contributed by atoms with Gasteiger partial charge in [-0.1, -0.05) is 30.3 Å². The van der Waals surface area contributed by atoms with Gasteiger partial charge < -0.3 is 19.4 Å². The van der Waals surface area contributed by atoms with Crippen molar-refractivity contribution >= 4 is 17.7 Å². The number of benzene rings is 2. The van der Waals surface area contributed by atoms with Crippen LogP contribution < -0.4 is 4.90 Å². The number of hydrogen-bond donors (Lipinski definition) is 0. The highest BCUT2D eigenvalue weighted by atomic mass is 16.6. The Labute approximate surface area is 237 Å². The van der Waals surface area contributed by atoms with Crippen LogP contribution in [0.25, 0.3) is 5.69 Å². The Hall–Kier alpha value is -3.81. The van der Waals surface area contributed by atoms with E-state index in [1.807, 2.05) is 60.7 Å². The summed E-state index contributed by atoms with van der Waals surface area (Å²) in [5, 5.41) is 4.72. The Bertz CT molecular complexity index is 1340. The van der Waals surface area contributed by atoms with Crippen LogP contribution in [0.4, 0.5) is 10.5 Å². The average molecular weight is 544 g/mol. The van der Waals surface area contributed by atoms with E-state index in [2.05, 4.69) is 43.0 Å². The zero-order valence-corrected chi connectivity index (χ0v) is 24.3. The summed E-state index contributed by atoms with van der Waals surface area (Å²) in [5.41, 5.74) is 4.45. The molecule has 2 aliphatic rings. The lowest BCUT2D eigenvalue weighted by Gasteiger charge is -2.41. The topological polar surface area (TPSA) is 70.9 Å². The number of aryl methyl sites for hydroxylation is 1. The zero-order valence-electron chi connectivity index (χ0n) is 24.3. The summed E-state index contributed by atoms with van der Waals surface area (Å²) in [6, 6.07) is 18.7. The van der Waals surface area contributed by atoms with Gasteiger partial charge in [-0.15, -0.1) is 0 Å². The Morgan fingerprint density at radius 1 is 0.900 bits per heavy atom. The van der Waals surface area contributed by atoms with Gasteiger partial charge in [-0.2, -0.15) is 5.10 Å². The largest absolute Gasteiger partial charge is 0.444 e. The number of carbonyl (C=O) groups is 2. The molecule has 0 radical (unpaired) electrons. The van der Waals surface area contributed by atoms with Gasteiger partial charge in [0.15, 0.2) is 0 Å².